The Bertz CT molecular complexity index is 356. The first-order valence-electron chi connectivity index (χ1n) is 7.15. The predicted molar refractivity (Wildman–Crippen MR) is 82.0 cm³/mol. The van der Waals surface area contributed by atoms with Gasteiger partial charge in [-0.15, -0.1) is 0 Å². The topological polar surface area (TPSA) is 15.7 Å². The number of likely N-dealkylation sites (N-methyl/N-ethyl adjacent to an activating group) is 2. The third-order valence-corrected chi connectivity index (χ3v) is 4.21. The summed E-state index contributed by atoms with van der Waals surface area (Å²) in [7, 11) is 6.14. The number of nitrogens with zero attached hydrogens (tertiary/aromatic N) is 2. The van der Waals surface area contributed by atoms with Crippen LogP contribution in [-0.4, -0.2) is 49.1 Å². The minimum Gasteiger partial charge on any atom is -0.501 e. The van der Waals surface area contributed by atoms with Gasteiger partial charge in [-0.1, -0.05) is 0 Å². The lowest BCUT2D eigenvalue weighted by Crippen LogP contribution is -2.50. The Balaban J connectivity index is 2.73. The van der Waals surface area contributed by atoms with Crippen molar-refractivity contribution < 1.29 is 4.74 Å². The molecule has 1 aliphatic rings. The highest BCUT2D eigenvalue weighted by molar-refractivity contribution is 5.21. The number of methoxy groups -OCH3 is 1. The molecule has 0 fully saturated rings. The predicted octanol–water partition coefficient (Wildman–Crippen LogP) is 3.25. The van der Waals surface area contributed by atoms with Crippen LogP contribution in [-0.2, 0) is 4.74 Å². The van der Waals surface area contributed by atoms with Crippen LogP contribution < -0.4 is 0 Å². The summed E-state index contributed by atoms with van der Waals surface area (Å²) < 4.78 is 5.29. The maximum Gasteiger partial charge on any atom is 0.0959 e. The van der Waals surface area contributed by atoms with Crippen LogP contribution in [0.15, 0.2) is 23.6 Å². The fraction of sp³-hybridized carbons (Fsp3) is 0.750. The molecule has 0 radical (unpaired) electrons. The minimum absolute atomic E-state index is 0.128. The second-order valence-corrected chi connectivity index (χ2v) is 6.38. The zero-order chi connectivity index (χ0) is 14.6. The minimum atomic E-state index is 0.128. The molecule has 0 bridgehead atoms. The molecule has 1 aliphatic carbocycles. The molecule has 1 rings (SSSR count). The Kier molecular flexibility index (Phi) is 5.48. The lowest BCUT2D eigenvalue weighted by molar-refractivity contribution is 0.119. The highest BCUT2D eigenvalue weighted by atomic mass is 16.5. The van der Waals surface area contributed by atoms with Gasteiger partial charge in [-0.25, -0.2) is 0 Å². The summed E-state index contributed by atoms with van der Waals surface area (Å²) in [6, 6.07) is 0.577. The number of hydrogen-bond donors (Lipinski definition) is 0. The van der Waals surface area contributed by atoms with Gasteiger partial charge in [0, 0.05) is 37.3 Å². The van der Waals surface area contributed by atoms with Crippen LogP contribution in [0.4, 0.5) is 0 Å². The molecule has 19 heavy (non-hydrogen) atoms. The van der Waals surface area contributed by atoms with E-state index in [1.165, 1.54) is 5.70 Å². The van der Waals surface area contributed by atoms with E-state index in [9.17, 15) is 0 Å². The molecule has 0 aromatic heterocycles. The fourth-order valence-corrected chi connectivity index (χ4v) is 2.34. The number of hydrogen-bond acceptors (Lipinski definition) is 3. The van der Waals surface area contributed by atoms with Crippen LogP contribution in [0.25, 0.3) is 0 Å². The molecular weight excluding hydrogens is 236 g/mol. The maximum atomic E-state index is 5.29. The van der Waals surface area contributed by atoms with E-state index in [1.807, 2.05) is 0 Å². The largest absolute Gasteiger partial charge is 0.501 e. The van der Waals surface area contributed by atoms with E-state index in [2.05, 4.69) is 63.7 Å². The lowest BCUT2D eigenvalue weighted by atomic mass is 9.98. The van der Waals surface area contributed by atoms with E-state index >= 15 is 0 Å². The number of allylic oxidation sites excluding steroid dienone is 4. The molecule has 0 aliphatic heterocycles. The van der Waals surface area contributed by atoms with Crippen molar-refractivity contribution in [1.29, 1.82) is 0 Å². The standard InChI is InChI=1S/C16H30N2O/c1-13(2)17(5)12-16(3,4)18(6)14-8-10-15(19-7)11-9-14/h8,10,13H,9,11-12H2,1-7H3. The van der Waals surface area contributed by atoms with Crippen molar-refractivity contribution in [1.82, 2.24) is 9.80 Å². The monoisotopic (exact) mass is 266 g/mol. The van der Waals surface area contributed by atoms with Crippen LogP contribution >= 0.6 is 0 Å². The summed E-state index contributed by atoms with van der Waals surface area (Å²) >= 11 is 0. The Morgan fingerprint density at radius 2 is 1.84 bits per heavy atom. The van der Waals surface area contributed by atoms with Gasteiger partial charge in [0.1, 0.15) is 0 Å². The molecule has 0 heterocycles. The van der Waals surface area contributed by atoms with Crippen molar-refractivity contribution in [2.45, 2.75) is 52.1 Å². The molecule has 0 spiro atoms. The van der Waals surface area contributed by atoms with Crippen molar-refractivity contribution in [3.8, 4) is 0 Å². The van der Waals surface area contributed by atoms with Gasteiger partial charge in [-0.05, 0) is 53.3 Å². The second-order valence-electron chi connectivity index (χ2n) is 6.38. The van der Waals surface area contributed by atoms with Gasteiger partial charge < -0.3 is 14.5 Å². The second kappa shape index (κ2) is 6.47. The Morgan fingerprint density at radius 1 is 1.21 bits per heavy atom. The average Bonchev–Trinajstić information content (AvgIpc) is 2.37. The van der Waals surface area contributed by atoms with Crippen LogP contribution in [0.5, 0.6) is 0 Å². The molecule has 3 nitrogen and oxygen atoms in total. The van der Waals surface area contributed by atoms with Crippen molar-refractivity contribution in [3.63, 3.8) is 0 Å². The first kappa shape index (κ1) is 16.1. The maximum absolute atomic E-state index is 5.29. The zero-order valence-electron chi connectivity index (χ0n) is 13.7. The van der Waals surface area contributed by atoms with Crippen molar-refractivity contribution in [2.75, 3.05) is 27.7 Å². The van der Waals surface area contributed by atoms with Gasteiger partial charge in [0.25, 0.3) is 0 Å². The summed E-state index contributed by atoms with van der Waals surface area (Å²) in [5.41, 5.74) is 1.52. The molecule has 0 unspecified atom stereocenters. The quantitative estimate of drug-likeness (QED) is 0.734. The summed E-state index contributed by atoms with van der Waals surface area (Å²) in [5.74, 6) is 1.08. The molecule has 0 aromatic rings. The molecule has 3 heteroatoms. The smallest absolute Gasteiger partial charge is 0.0959 e. The normalized spacial score (nSPS) is 16.5. The highest BCUT2D eigenvalue weighted by Crippen LogP contribution is 2.27. The molecule has 0 atom stereocenters. The van der Waals surface area contributed by atoms with Gasteiger partial charge >= 0.3 is 0 Å². The SMILES string of the molecule is COC1=CC=C(N(C)C(C)(C)CN(C)C(C)C)CC1. The Morgan fingerprint density at radius 3 is 2.26 bits per heavy atom. The third kappa shape index (κ3) is 4.27. The molecular formula is C16H30N2O. The van der Waals surface area contributed by atoms with Crippen LogP contribution in [0.1, 0.15) is 40.5 Å². The van der Waals surface area contributed by atoms with Crippen molar-refractivity contribution >= 4 is 0 Å². The van der Waals surface area contributed by atoms with Gasteiger partial charge in [0.2, 0.25) is 0 Å². The molecule has 0 saturated heterocycles. The summed E-state index contributed by atoms with van der Waals surface area (Å²) in [6.07, 6.45) is 6.35. The van der Waals surface area contributed by atoms with Crippen LogP contribution in [0, 0.1) is 0 Å². The summed E-state index contributed by atoms with van der Waals surface area (Å²) in [5, 5.41) is 0. The van der Waals surface area contributed by atoms with Gasteiger partial charge in [-0.2, -0.15) is 0 Å². The molecule has 0 N–H and O–H groups in total. The third-order valence-electron chi connectivity index (χ3n) is 4.21. The number of ether oxygens (including phenoxy) is 1. The van der Waals surface area contributed by atoms with Crippen molar-refractivity contribution in [3.05, 3.63) is 23.6 Å². The van der Waals surface area contributed by atoms with Crippen LogP contribution in [0.3, 0.4) is 0 Å². The zero-order valence-corrected chi connectivity index (χ0v) is 13.7. The van der Waals surface area contributed by atoms with Gasteiger partial charge in [-0.3, -0.25) is 0 Å². The lowest BCUT2D eigenvalue weighted by Gasteiger charge is -2.43. The molecule has 0 aromatic carbocycles. The fourth-order valence-electron chi connectivity index (χ4n) is 2.34. The van der Waals surface area contributed by atoms with E-state index < -0.39 is 0 Å². The van der Waals surface area contributed by atoms with Gasteiger partial charge in [0.15, 0.2) is 0 Å². The Hall–Kier alpha value is -0.960. The molecule has 0 amide bonds. The van der Waals surface area contributed by atoms with E-state index in [0.29, 0.717) is 6.04 Å². The average molecular weight is 266 g/mol. The molecule has 0 saturated carbocycles. The van der Waals surface area contributed by atoms with E-state index in [4.69, 9.17) is 4.74 Å². The first-order valence-corrected chi connectivity index (χ1v) is 7.15. The Labute approximate surface area is 118 Å². The highest BCUT2D eigenvalue weighted by Gasteiger charge is 2.28. The van der Waals surface area contributed by atoms with Gasteiger partial charge in [0.05, 0.1) is 12.9 Å². The molecule has 110 valence electrons. The first-order chi connectivity index (χ1) is 8.77. The number of rotatable bonds is 6. The van der Waals surface area contributed by atoms with Crippen molar-refractivity contribution in [2.24, 2.45) is 0 Å². The summed E-state index contributed by atoms with van der Waals surface area (Å²) in [6.45, 7) is 10.1. The van der Waals surface area contributed by atoms with Crippen LogP contribution in [0.2, 0.25) is 0 Å². The van der Waals surface area contributed by atoms with E-state index in [1.54, 1.807) is 7.11 Å². The van der Waals surface area contributed by atoms with E-state index in [-0.39, 0.29) is 5.54 Å². The summed E-state index contributed by atoms with van der Waals surface area (Å²) in [4.78, 5) is 4.81. The van der Waals surface area contributed by atoms with E-state index in [0.717, 1.165) is 25.1 Å².